The van der Waals surface area contributed by atoms with Crippen molar-refractivity contribution < 1.29 is 17.6 Å². The van der Waals surface area contributed by atoms with Crippen LogP contribution in [0.15, 0.2) is 46.6 Å². The number of hydrogen-bond acceptors (Lipinski definition) is 8. The summed E-state index contributed by atoms with van der Waals surface area (Å²) in [5.74, 6) is -0.266. The number of aromatic nitrogens is 4. The van der Waals surface area contributed by atoms with Crippen LogP contribution >= 0.6 is 0 Å². The molecule has 0 unspecified atom stereocenters. The molecular formula is C19H18FN7O3S. The number of anilines is 1. The average molecular weight is 443 g/mol. The van der Waals surface area contributed by atoms with Crippen LogP contribution in [0.2, 0.25) is 0 Å². The molecule has 0 bridgehead atoms. The fourth-order valence-electron chi connectivity index (χ4n) is 3.15. The molecule has 3 N–H and O–H groups in total. The van der Waals surface area contributed by atoms with E-state index in [9.17, 15) is 17.6 Å². The van der Waals surface area contributed by atoms with Crippen LogP contribution in [0.25, 0.3) is 0 Å². The largest absolute Gasteiger partial charge is 0.368 e. The van der Waals surface area contributed by atoms with Crippen molar-refractivity contribution in [3.63, 3.8) is 0 Å². The van der Waals surface area contributed by atoms with E-state index >= 15 is 0 Å². The van der Waals surface area contributed by atoms with Crippen molar-refractivity contribution in [1.29, 1.82) is 0 Å². The van der Waals surface area contributed by atoms with Gasteiger partial charge in [0.2, 0.25) is 15.8 Å². The number of urea groups is 1. The normalized spacial score (nSPS) is 13.2. The number of nitrogens with two attached hydrogens (primary N) is 1. The summed E-state index contributed by atoms with van der Waals surface area (Å²) in [5, 5.41) is 2.68. The first-order chi connectivity index (χ1) is 14.7. The maximum atomic E-state index is 13.6. The molecule has 12 heteroatoms. The van der Waals surface area contributed by atoms with Gasteiger partial charge in [-0.15, -0.1) is 0 Å². The van der Waals surface area contributed by atoms with E-state index in [1.54, 1.807) is 13.1 Å². The number of halogens is 1. The smallest absolute Gasteiger partial charge is 0.318 e. The third kappa shape index (κ3) is 4.28. The summed E-state index contributed by atoms with van der Waals surface area (Å²) in [6, 6.07) is 3.20. The van der Waals surface area contributed by atoms with Crippen molar-refractivity contribution >= 4 is 21.8 Å². The molecule has 0 spiro atoms. The number of amides is 2. The second-order valence-electron chi connectivity index (χ2n) is 7.02. The van der Waals surface area contributed by atoms with E-state index in [2.05, 4.69) is 25.3 Å². The minimum Gasteiger partial charge on any atom is -0.368 e. The van der Waals surface area contributed by atoms with E-state index in [0.29, 0.717) is 24.3 Å². The zero-order chi connectivity index (χ0) is 22.2. The number of carbonyl (C=O) groups is 1. The fraction of sp³-hybridized carbons (Fsp3) is 0.211. The first-order valence-electron chi connectivity index (χ1n) is 9.18. The van der Waals surface area contributed by atoms with Crippen molar-refractivity contribution in [2.45, 2.75) is 36.3 Å². The second-order valence-corrected chi connectivity index (χ2v) is 8.97. The lowest BCUT2D eigenvalue weighted by Gasteiger charge is -2.15. The summed E-state index contributed by atoms with van der Waals surface area (Å²) in [5.41, 5.74) is 7.56. The lowest BCUT2D eigenvalue weighted by Crippen LogP contribution is -2.36. The SMILES string of the molecule is Cc1cc(F)cc(S(=O)(=O)c2cnc(CNC(=O)N3Cc4cnc(N)nc4C3)nc2)c1. The van der Waals surface area contributed by atoms with Gasteiger partial charge in [-0.2, -0.15) is 0 Å². The maximum Gasteiger partial charge on any atom is 0.318 e. The van der Waals surface area contributed by atoms with E-state index in [0.717, 1.165) is 24.0 Å². The molecule has 1 aromatic carbocycles. The van der Waals surface area contributed by atoms with Crippen LogP contribution < -0.4 is 11.1 Å². The minimum absolute atomic E-state index is 0.00109. The van der Waals surface area contributed by atoms with Crippen molar-refractivity contribution in [3.8, 4) is 0 Å². The Morgan fingerprint density at radius 2 is 1.87 bits per heavy atom. The highest BCUT2D eigenvalue weighted by Crippen LogP contribution is 2.22. The summed E-state index contributed by atoms with van der Waals surface area (Å²) in [4.78, 5) is 29.6. The molecule has 0 saturated carbocycles. The standard InChI is InChI=1S/C19H18FN7O3S/c1-11-2-13(20)4-14(3-11)31(29,30)15-6-22-17(23-7-15)8-25-19(28)27-9-12-5-24-18(21)26-16(12)10-27/h2-7H,8-10H2,1H3,(H,25,28)(H2,21,24,26). The van der Waals surface area contributed by atoms with Gasteiger partial charge < -0.3 is 16.0 Å². The van der Waals surface area contributed by atoms with Gasteiger partial charge in [-0.05, 0) is 30.7 Å². The summed E-state index contributed by atoms with van der Waals surface area (Å²) in [7, 11) is -3.96. The first kappa shape index (κ1) is 20.6. The molecule has 0 saturated heterocycles. The molecule has 0 atom stereocenters. The first-order valence-corrected chi connectivity index (χ1v) is 10.7. The summed E-state index contributed by atoms with van der Waals surface area (Å²) in [6.07, 6.45) is 3.86. The Balaban J connectivity index is 1.40. The third-order valence-electron chi connectivity index (χ3n) is 4.68. The van der Waals surface area contributed by atoms with E-state index in [1.807, 2.05) is 0 Å². The molecule has 1 aliphatic heterocycles. The highest BCUT2D eigenvalue weighted by Gasteiger charge is 2.25. The Morgan fingerprint density at radius 1 is 1.13 bits per heavy atom. The summed E-state index contributed by atoms with van der Waals surface area (Å²) < 4.78 is 39.0. The predicted octanol–water partition coefficient (Wildman–Crippen LogP) is 1.35. The lowest BCUT2D eigenvalue weighted by molar-refractivity contribution is 0.197. The van der Waals surface area contributed by atoms with Gasteiger partial charge in [0.25, 0.3) is 0 Å². The van der Waals surface area contributed by atoms with Crippen LogP contribution in [-0.4, -0.2) is 39.3 Å². The average Bonchev–Trinajstić information content (AvgIpc) is 3.15. The Morgan fingerprint density at radius 3 is 2.58 bits per heavy atom. The van der Waals surface area contributed by atoms with Crippen molar-refractivity contribution in [3.05, 3.63) is 65.3 Å². The van der Waals surface area contributed by atoms with Gasteiger partial charge in [-0.3, -0.25) is 0 Å². The lowest BCUT2D eigenvalue weighted by atomic mass is 10.2. The monoisotopic (exact) mass is 443 g/mol. The molecule has 3 aromatic rings. The van der Waals surface area contributed by atoms with Crippen molar-refractivity contribution in [2.24, 2.45) is 0 Å². The van der Waals surface area contributed by atoms with Gasteiger partial charge in [0.15, 0.2) is 0 Å². The van der Waals surface area contributed by atoms with E-state index in [4.69, 9.17) is 5.73 Å². The number of carbonyl (C=O) groups excluding carboxylic acids is 1. The number of nitrogen functional groups attached to an aromatic ring is 1. The Bertz CT molecular complexity index is 1250. The van der Waals surface area contributed by atoms with Gasteiger partial charge in [0.1, 0.15) is 16.5 Å². The number of rotatable bonds is 4. The van der Waals surface area contributed by atoms with Crippen molar-refractivity contribution in [2.75, 3.05) is 5.73 Å². The number of benzene rings is 1. The van der Waals surface area contributed by atoms with E-state index < -0.39 is 15.7 Å². The van der Waals surface area contributed by atoms with E-state index in [-0.39, 0.29) is 34.1 Å². The Kier molecular flexibility index (Phi) is 5.23. The number of hydrogen-bond donors (Lipinski definition) is 2. The van der Waals surface area contributed by atoms with Crippen LogP contribution in [-0.2, 0) is 29.5 Å². The highest BCUT2D eigenvalue weighted by molar-refractivity contribution is 7.91. The summed E-state index contributed by atoms with van der Waals surface area (Å²) >= 11 is 0. The molecule has 1 aliphatic rings. The van der Waals surface area contributed by atoms with Gasteiger partial charge in [-0.25, -0.2) is 37.5 Å². The Labute approximate surface area is 177 Å². The second kappa shape index (κ2) is 7.87. The number of nitrogens with one attached hydrogen (secondary N) is 1. The molecule has 2 aromatic heterocycles. The number of sulfone groups is 1. The third-order valence-corrected chi connectivity index (χ3v) is 6.37. The fourth-order valence-corrected chi connectivity index (χ4v) is 4.41. The summed E-state index contributed by atoms with van der Waals surface area (Å²) in [6.45, 7) is 2.26. The number of nitrogens with zero attached hydrogens (tertiary/aromatic N) is 5. The van der Waals surface area contributed by atoms with Crippen LogP contribution in [0.1, 0.15) is 22.6 Å². The van der Waals surface area contributed by atoms with Gasteiger partial charge in [0.05, 0.1) is 30.2 Å². The van der Waals surface area contributed by atoms with Crippen LogP contribution in [0.5, 0.6) is 0 Å². The molecule has 0 radical (unpaired) electrons. The van der Waals surface area contributed by atoms with Gasteiger partial charge >= 0.3 is 6.03 Å². The van der Waals surface area contributed by atoms with Crippen LogP contribution in [0.4, 0.5) is 15.1 Å². The minimum atomic E-state index is -3.96. The Hall–Kier alpha value is -3.67. The van der Waals surface area contributed by atoms with Gasteiger partial charge in [-0.1, -0.05) is 0 Å². The molecule has 160 valence electrons. The maximum absolute atomic E-state index is 13.6. The molecule has 10 nitrogen and oxygen atoms in total. The molecule has 31 heavy (non-hydrogen) atoms. The molecule has 0 fully saturated rings. The van der Waals surface area contributed by atoms with Crippen LogP contribution in [0, 0.1) is 12.7 Å². The molecule has 0 aliphatic carbocycles. The van der Waals surface area contributed by atoms with Gasteiger partial charge in [0, 0.05) is 24.2 Å². The zero-order valence-corrected chi connectivity index (χ0v) is 17.2. The number of aryl methyl sites for hydroxylation is 1. The molecule has 3 heterocycles. The van der Waals surface area contributed by atoms with Crippen LogP contribution in [0.3, 0.4) is 0 Å². The zero-order valence-electron chi connectivity index (χ0n) is 16.4. The highest BCUT2D eigenvalue weighted by atomic mass is 32.2. The van der Waals surface area contributed by atoms with E-state index in [1.165, 1.54) is 17.0 Å². The molecule has 2 amide bonds. The van der Waals surface area contributed by atoms with Crippen molar-refractivity contribution in [1.82, 2.24) is 30.2 Å². The quantitative estimate of drug-likeness (QED) is 0.615. The predicted molar refractivity (Wildman–Crippen MR) is 107 cm³/mol. The molecular weight excluding hydrogens is 425 g/mol. The number of fused-ring (bicyclic) bond motifs is 1. The topological polar surface area (TPSA) is 144 Å². The molecule has 4 rings (SSSR count).